The highest BCUT2D eigenvalue weighted by atomic mass is 16.5. The van der Waals surface area contributed by atoms with Crippen LogP contribution in [-0.2, 0) is 4.74 Å². The van der Waals surface area contributed by atoms with Gasteiger partial charge in [0, 0.05) is 25.9 Å². The van der Waals surface area contributed by atoms with Crippen LogP contribution in [0.3, 0.4) is 0 Å². The van der Waals surface area contributed by atoms with Crippen LogP contribution < -0.4 is 9.47 Å². The predicted octanol–water partition coefficient (Wildman–Crippen LogP) is 3.27. The first-order chi connectivity index (χ1) is 12.6. The molecule has 0 bridgehead atoms. The van der Waals surface area contributed by atoms with Gasteiger partial charge in [-0.1, -0.05) is 12.1 Å². The zero-order chi connectivity index (χ0) is 18.5. The minimum atomic E-state index is 0.224. The Hall–Kier alpha value is -2.05. The third-order valence-electron chi connectivity index (χ3n) is 4.95. The average molecular weight is 359 g/mol. The van der Waals surface area contributed by atoms with Crippen LogP contribution in [-0.4, -0.2) is 54.4 Å². The van der Waals surface area contributed by atoms with E-state index in [9.17, 15) is 0 Å². The van der Waals surface area contributed by atoms with Gasteiger partial charge in [0.05, 0.1) is 24.4 Å². The van der Waals surface area contributed by atoms with E-state index in [1.807, 2.05) is 38.1 Å². The lowest BCUT2D eigenvalue weighted by Gasteiger charge is -2.23. The first-order valence-corrected chi connectivity index (χ1v) is 9.27. The van der Waals surface area contributed by atoms with Crippen LogP contribution in [0, 0.1) is 13.8 Å². The molecule has 2 atom stereocenters. The first-order valence-electron chi connectivity index (χ1n) is 9.27. The smallest absolute Gasteiger partial charge is 0.161 e. The topological polar surface area (TPSA) is 59.6 Å². The molecule has 1 fully saturated rings. The number of nitrogens with one attached hydrogen (secondary N) is 1. The summed E-state index contributed by atoms with van der Waals surface area (Å²) in [5, 5.41) is 0. The van der Waals surface area contributed by atoms with Crippen molar-refractivity contribution in [2.45, 2.75) is 39.3 Å². The maximum atomic E-state index is 6.00. The summed E-state index contributed by atoms with van der Waals surface area (Å²) in [7, 11) is 1.78. The largest absolute Gasteiger partial charge is 0.490 e. The molecule has 0 saturated carbocycles. The van der Waals surface area contributed by atoms with Crippen molar-refractivity contribution >= 4 is 0 Å². The maximum Gasteiger partial charge on any atom is 0.161 e. The molecule has 1 aromatic carbocycles. The standard InChI is InChI=1S/C20H29N3O3/c1-5-25-18-8-6-7-9-19(18)26-11-10-23-13-16(24-4)12-17(23)20-21-14(2)15(3)22-20/h6-9,16-17H,5,10-13H2,1-4H3,(H,21,22)/t16-,17+/m1/s1. The Balaban J connectivity index is 1.63. The van der Waals surface area contributed by atoms with Crippen LogP contribution in [0.1, 0.15) is 36.6 Å². The number of nitrogens with zero attached hydrogens (tertiary/aromatic N) is 2. The average Bonchev–Trinajstić information content (AvgIpc) is 3.20. The number of likely N-dealkylation sites (tertiary alicyclic amines) is 1. The summed E-state index contributed by atoms with van der Waals surface area (Å²) in [6, 6.07) is 8.04. The van der Waals surface area contributed by atoms with Crippen molar-refractivity contribution in [1.82, 2.24) is 14.9 Å². The van der Waals surface area contributed by atoms with Crippen molar-refractivity contribution < 1.29 is 14.2 Å². The number of ether oxygens (including phenoxy) is 3. The van der Waals surface area contributed by atoms with Crippen molar-refractivity contribution in [3.63, 3.8) is 0 Å². The fourth-order valence-electron chi connectivity index (χ4n) is 3.41. The van der Waals surface area contributed by atoms with Gasteiger partial charge in [0.15, 0.2) is 11.5 Å². The minimum Gasteiger partial charge on any atom is -0.490 e. The number of aryl methyl sites for hydroxylation is 2. The molecule has 1 aliphatic heterocycles. The molecule has 2 heterocycles. The third kappa shape index (κ3) is 4.19. The van der Waals surface area contributed by atoms with Gasteiger partial charge < -0.3 is 19.2 Å². The number of benzene rings is 1. The van der Waals surface area contributed by atoms with Crippen LogP contribution >= 0.6 is 0 Å². The molecular weight excluding hydrogens is 330 g/mol. The van der Waals surface area contributed by atoms with Gasteiger partial charge in [-0.15, -0.1) is 0 Å². The molecule has 1 N–H and O–H groups in total. The van der Waals surface area contributed by atoms with E-state index in [2.05, 4.69) is 16.8 Å². The van der Waals surface area contributed by atoms with E-state index >= 15 is 0 Å². The van der Waals surface area contributed by atoms with Crippen molar-refractivity contribution in [3.05, 3.63) is 41.5 Å². The van der Waals surface area contributed by atoms with E-state index in [1.54, 1.807) is 7.11 Å². The Kier molecular flexibility index (Phi) is 6.16. The van der Waals surface area contributed by atoms with Gasteiger partial charge in [-0.25, -0.2) is 4.98 Å². The van der Waals surface area contributed by atoms with Gasteiger partial charge in [-0.2, -0.15) is 0 Å². The lowest BCUT2D eigenvalue weighted by molar-refractivity contribution is 0.105. The number of aromatic amines is 1. The molecule has 6 heteroatoms. The molecular formula is C20H29N3O3. The van der Waals surface area contributed by atoms with Gasteiger partial charge in [0.2, 0.25) is 0 Å². The molecule has 1 aromatic heterocycles. The second-order valence-electron chi connectivity index (χ2n) is 6.66. The number of imidazole rings is 1. The summed E-state index contributed by atoms with van der Waals surface area (Å²) < 4.78 is 17.2. The summed E-state index contributed by atoms with van der Waals surface area (Å²) in [4.78, 5) is 10.5. The molecule has 1 saturated heterocycles. The molecule has 1 aliphatic rings. The van der Waals surface area contributed by atoms with Gasteiger partial charge >= 0.3 is 0 Å². The highest BCUT2D eigenvalue weighted by Crippen LogP contribution is 2.32. The van der Waals surface area contributed by atoms with E-state index in [4.69, 9.17) is 19.2 Å². The number of methoxy groups -OCH3 is 1. The van der Waals surface area contributed by atoms with Gasteiger partial charge in [-0.3, -0.25) is 4.90 Å². The van der Waals surface area contributed by atoms with E-state index in [-0.39, 0.29) is 12.1 Å². The first kappa shape index (κ1) is 18.7. The van der Waals surface area contributed by atoms with Gasteiger partial charge in [0.25, 0.3) is 0 Å². The zero-order valence-corrected chi connectivity index (χ0v) is 16.1. The third-order valence-corrected chi connectivity index (χ3v) is 4.95. The fourth-order valence-corrected chi connectivity index (χ4v) is 3.41. The molecule has 0 aliphatic carbocycles. The predicted molar refractivity (Wildman–Crippen MR) is 101 cm³/mol. The molecule has 0 amide bonds. The number of hydrogen-bond donors (Lipinski definition) is 1. The quantitative estimate of drug-likeness (QED) is 0.784. The summed E-state index contributed by atoms with van der Waals surface area (Å²) in [6.45, 7) is 8.99. The molecule has 2 aromatic rings. The highest BCUT2D eigenvalue weighted by molar-refractivity contribution is 5.39. The summed E-state index contributed by atoms with van der Waals surface area (Å²) in [5.41, 5.74) is 2.19. The van der Waals surface area contributed by atoms with Crippen LogP contribution in [0.15, 0.2) is 24.3 Å². The SMILES string of the molecule is CCOc1ccccc1OCCN1C[C@H](OC)C[C@H]1c1nc(C)c(C)[nH]1. The Morgan fingerprint density at radius 2 is 1.92 bits per heavy atom. The fraction of sp³-hybridized carbons (Fsp3) is 0.550. The number of aromatic nitrogens is 2. The number of rotatable bonds is 8. The second-order valence-corrected chi connectivity index (χ2v) is 6.66. The molecule has 6 nitrogen and oxygen atoms in total. The summed E-state index contributed by atoms with van der Waals surface area (Å²) in [5.74, 6) is 2.60. The van der Waals surface area contributed by atoms with E-state index in [0.717, 1.165) is 48.2 Å². The number of hydrogen-bond acceptors (Lipinski definition) is 5. The lowest BCUT2D eigenvalue weighted by atomic mass is 10.2. The van der Waals surface area contributed by atoms with Crippen molar-refractivity contribution in [2.24, 2.45) is 0 Å². The molecule has 0 radical (unpaired) electrons. The monoisotopic (exact) mass is 359 g/mol. The minimum absolute atomic E-state index is 0.224. The lowest BCUT2D eigenvalue weighted by Crippen LogP contribution is -2.30. The van der Waals surface area contributed by atoms with Gasteiger partial charge in [-0.05, 0) is 39.3 Å². The Morgan fingerprint density at radius 1 is 1.19 bits per heavy atom. The van der Waals surface area contributed by atoms with E-state index < -0.39 is 0 Å². The summed E-state index contributed by atoms with van der Waals surface area (Å²) >= 11 is 0. The highest BCUT2D eigenvalue weighted by Gasteiger charge is 2.35. The van der Waals surface area contributed by atoms with Crippen molar-refractivity contribution in [3.8, 4) is 11.5 Å². The van der Waals surface area contributed by atoms with Gasteiger partial charge in [0.1, 0.15) is 12.4 Å². The number of para-hydroxylation sites is 2. The van der Waals surface area contributed by atoms with Crippen molar-refractivity contribution in [1.29, 1.82) is 0 Å². The zero-order valence-electron chi connectivity index (χ0n) is 16.1. The van der Waals surface area contributed by atoms with Crippen LogP contribution in [0.25, 0.3) is 0 Å². The molecule has 142 valence electrons. The number of H-pyrrole nitrogens is 1. The van der Waals surface area contributed by atoms with E-state index in [0.29, 0.717) is 13.2 Å². The molecule has 0 spiro atoms. The van der Waals surface area contributed by atoms with Crippen LogP contribution in [0.5, 0.6) is 11.5 Å². The van der Waals surface area contributed by atoms with Crippen molar-refractivity contribution in [2.75, 3.05) is 33.4 Å². The second kappa shape index (κ2) is 8.56. The molecule has 26 heavy (non-hydrogen) atoms. The Morgan fingerprint density at radius 3 is 2.54 bits per heavy atom. The molecule has 3 rings (SSSR count). The molecule has 0 unspecified atom stereocenters. The summed E-state index contributed by atoms with van der Waals surface area (Å²) in [6.07, 6.45) is 1.17. The maximum absolute atomic E-state index is 6.00. The normalized spacial score (nSPS) is 20.5. The Labute approximate surface area is 155 Å². The van der Waals surface area contributed by atoms with Crippen LogP contribution in [0.2, 0.25) is 0 Å². The van der Waals surface area contributed by atoms with Crippen LogP contribution in [0.4, 0.5) is 0 Å². The Bertz CT molecular complexity index is 697. The van der Waals surface area contributed by atoms with E-state index in [1.165, 1.54) is 0 Å².